The Kier molecular flexibility index (Phi) is 10.8. The van der Waals surface area contributed by atoms with Crippen molar-refractivity contribution < 1.29 is 22.7 Å². The summed E-state index contributed by atoms with van der Waals surface area (Å²) in [6.07, 6.45) is 6.29. The Bertz CT molecular complexity index is 1160. The molecule has 2 aliphatic rings. The molecule has 0 spiro atoms. The van der Waals surface area contributed by atoms with Crippen LogP contribution >= 0.6 is 11.6 Å². The number of sulfonamides is 1. The van der Waals surface area contributed by atoms with Crippen molar-refractivity contribution in [3.05, 3.63) is 57.6 Å². The fourth-order valence-corrected chi connectivity index (χ4v) is 5.66. The molecule has 210 valence electrons. The highest BCUT2D eigenvalue weighted by Crippen LogP contribution is 2.29. The Morgan fingerprint density at radius 3 is 2.11 bits per heavy atom. The zero-order valence-electron chi connectivity index (χ0n) is 23.1. The number of likely N-dealkylation sites (tertiary alicyclic amines) is 1. The lowest BCUT2D eigenvalue weighted by Gasteiger charge is -2.33. The van der Waals surface area contributed by atoms with Gasteiger partial charge in [0, 0.05) is 55.8 Å². The number of allylic oxidation sites excluding steroid dienone is 2. The van der Waals surface area contributed by atoms with Crippen molar-refractivity contribution in [2.24, 2.45) is 4.99 Å². The van der Waals surface area contributed by atoms with Gasteiger partial charge in [-0.05, 0) is 69.9 Å². The summed E-state index contributed by atoms with van der Waals surface area (Å²) < 4.78 is 38.1. The van der Waals surface area contributed by atoms with Gasteiger partial charge in [-0.2, -0.15) is 0 Å². The van der Waals surface area contributed by atoms with E-state index >= 15 is 0 Å². The first-order valence-corrected chi connectivity index (χ1v) is 15.5. The lowest BCUT2D eigenvalue weighted by Crippen LogP contribution is -2.41. The van der Waals surface area contributed by atoms with Gasteiger partial charge in [0.15, 0.2) is 0 Å². The fourth-order valence-electron chi connectivity index (χ4n) is 4.66. The van der Waals surface area contributed by atoms with Crippen LogP contribution in [0.15, 0.2) is 52.0 Å². The minimum absolute atomic E-state index is 0.00208. The van der Waals surface area contributed by atoms with Gasteiger partial charge in [-0.3, -0.25) is 4.79 Å². The van der Waals surface area contributed by atoms with Gasteiger partial charge in [0.05, 0.1) is 11.8 Å². The highest BCUT2D eigenvalue weighted by atomic mass is 35.5. The van der Waals surface area contributed by atoms with Crippen LogP contribution in [0.5, 0.6) is 0 Å². The number of ether oxygens (including phenoxy) is 2. The van der Waals surface area contributed by atoms with Gasteiger partial charge in [0.2, 0.25) is 15.9 Å². The lowest BCUT2D eigenvalue weighted by molar-refractivity contribution is 0.0376. The summed E-state index contributed by atoms with van der Waals surface area (Å²) >= 11 is 5.96. The van der Waals surface area contributed by atoms with Gasteiger partial charge in [0.25, 0.3) is 5.91 Å². The van der Waals surface area contributed by atoms with Gasteiger partial charge in [0.1, 0.15) is 18.0 Å². The standard InChI is InChI=1S/C28H40ClN3O5S/c1-6-20(3)26(36-24-14-18-32(19-15-24)38(5,34)35)21(4)27(30-7-2)37-25-12-16-31(17-13-25)28(33)22-8-10-23(29)11-9-22/h7-11,24-25H,6,12-19H2,1-5H3/b26-20-,27-21+,30-7?. The van der Waals surface area contributed by atoms with Crippen LogP contribution < -0.4 is 0 Å². The maximum Gasteiger partial charge on any atom is 0.253 e. The molecule has 2 aliphatic heterocycles. The number of halogens is 1. The molecular weight excluding hydrogens is 526 g/mol. The Morgan fingerprint density at radius 1 is 1.03 bits per heavy atom. The minimum Gasteiger partial charge on any atom is -0.490 e. The molecule has 0 bridgehead atoms. The number of rotatable bonds is 9. The first-order chi connectivity index (χ1) is 18.0. The molecule has 0 saturated carbocycles. The Morgan fingerprint density at radius 2 is 1.58 bits per heavy atom. The first kappa shape index (κ1) is 30.2. The number of hydrogen-bond acceptors (Lipinski definition) is 6. The molecule has 1 amide bonds. The summed E-state index contributed by atoms with van der Waals surface area (Å²) in [5, 5.41) is 0.606. The number of benzene rings is 1. The summed E-state index contributed by atoms with van der Waals surface area (Å²) in [4.78, 5) is 19.3. The van der Waals surface area contributed by atoms with Gasteiger partial charge >= 0.3 is 0 Å². The van der Waals surface area contributed by atoms with Gasteiger partial charge in [-0.1, -0.05) is 18.5 Å². The molecule has 1 aromatic rings. The Labute approximate surface area is 232 Å². The number of amides is 1. The van der Waals surface area contributed by atoms with E-state index in [1.54, 1.807) is 30.5 Å². The maximum atomic E-state index is 12.9. The van der Waals surface area contributed by atoms with E-state index in [0.29, 0.717) is 68.3 Å². The largest absolute Gasteiger partial charge is 0.490 e. The van der Waals surface area contributed by atoms with Crippen molar-refractivity contribution in [1.29, 1.82) is 0 Å². The summed E-state index contributed by atoms with van der Waals surface area (Å²) in [7, 11) is -3.19. The smallest absolute Gasteiger partial charge is 0.253 e. The second-order valence-corrected chi connectivity index (χ2v) is 12.3. The van der Waals surface area contributed by atoms with E-state index in [1.165, 1.54) is 10.6 Å². The number of aliphatic imine (C=N–C) groups is 1. The van der Waals surface area contributed by atoms with Crippen LogP contribution in [0.1, 0.15) is 70.2 Å². The molecular formula is C28H40ClN3O5S. The fraction of sp³-hybridized carbons (Fsp3) is 0.571. The third-order valence-electron chi connectivity index (χ3n) is 7.08. The number of nitrogens with zero attached hydrogens (tertiary/aromatic N) is 3. The van der Waals surface area contributed by atoms with E-state index in [2.05, 4.69) is 11.9 Å². The molecule has 38 heavy (non-hydrogen) atoms. The van der Waals surface area contributed by atoms with Crippen LogP contribution in [-0.4, -0.2) is 74.4 Å². The van der Waals surface area contributed by atoms with Gasteiger partial charge in [-0.15, -0.1) is 0 Å². The molecule has 0 atom stereocenters. The summed E-state index contributed by atoms with van der Waals surface area (Å²) in [5.74, 6) is 1.28. The Balaban J connectivity index is 1.68. The van der Waals surface area contributed by atoms with E-state index in [0.717, 1.165) is 23.3 Å². The van der Waals surface area contributed by atoms with E-state index < -0.39 is 10.0 Å². The Hall–Kier alpha value is -2.36. The van der Waals surface area contributed by atoms with Crippen molar-refractivity contribution >= 4 is 33.7 Å². The normalized spacial score (nSPS) is 19.8. The molecule has 3 rings (SSSR count). The summed E-state index contributed by atoms with van der Waals surface area (Å²) in [6, 6.07) is 6.96. The predicted octanol–water partition coefficient (Wildman–Crippen LogP) is 5.41. The number of piperidine rings is 2. The molecule has 10 heteroatoms. The van der Waals surface area contributed by atoms with Crippen LogP contribution in [0.2, 0.25) is 5.02 Å². The maximum absolute atomic E-state index is 12.9. The SMILES string of the molecule is CC=N/C(OC1CCN(C(=O)c2ccc(Cl)cc2)CC1)=C(C)\C(OC1CCN(S(C)(=O)=O)CC1)=C(/C)CC. The minimum atomic E-state index is -3.19. The topological polar surface area (TPSA) is 88.5 Å². The van der Waals surface area contributed by atoms with Crippen LogP contribution in [0, 0.1) is 0 Å². The van der Waals surface area contributed by atoms with E-state index in [9.17, 15) is 13.2 Å². The number of carbonyl (C=O) groups is 1. The average molecular weight is 566 g/mol. The van der Waals surface area contributed by atoms with Crippen LogP contribution in [-0.2, 0) is 19.5 Å². The van der Waals surface area contributed by atoms with Crippen LogP contribution in [0.4, 0.5) is 0 Å². The third-order valence-corrected chi connectivity index (χ3v) is 8.63. The number of carbonyl (C=O) groups excluding carboxylic acids is 1. The van der Waals surface area contributed by atoms with Gasteiger partial charge in [-0.25, -0.2) is 17.7 Å². The van der Waals surface area contributed by atoms with Crippen molar-refractivity contribution in [3.63, 3.8) is 0 Å². The molecule has 2 heterocycles. The van der Waals surface area contributed by atoms with Gasteiger partial charge < -0.3 is 14.4 Å². The second-order valence-electron chi connectivity index (χ2n) is 9.88. The molecule has 0 radical (unpaired) electrons. The molecule has 0 N–H and O–H groups in total. The molecule has 0 unspecified atom stereocenters. The number of hydrogen-bond donors (Lipinski definition) is 0. The highest BCUT2D eigenvalue weighted by Gasteiger charge is 2.29. The third kappa shape index (κ3) is 8.07. The van der Waals surface area contributed by atoms with Crippen molar-refractivity contribution in [3.8, 4) is 0 Å². The van der Waals surface area contributed by atoms with E-state index in [-0.39, 0.29) is 18.1 Å². The lowest BCUT2D eigenvalue weighted by atomic mass is 10.1. The molecule has 2 fully saturated rings. The van der Waals surface area contributed by atoms with Crippen molar-refractivity contribution in [1.82, 2.24) is 9.21 Å². The zero-order chi connectivity index (χ0) is 27.9. The molecule has 0 aromatic heterocycles. The molecule has 0 aliphatic carbocycles. The average Bonchev–Trinajstić information content (AvgIpc) is 2.91. The molecule has 2 saturated heterocycles. The van der Waals surface area contributed by atoms with E-state index in [4.69, 9.17) is 21.1 Å². The monoisotopic (exact) mass is 565 g/mol. The van der Waals surface area contributed by atoms with Crippen molar-refractivity contribution in [2.45, 2.75) is 72.0 Å². The zero-order valence-corrected chi connectivity index (χ0v) is 24.6. The molecule has 8 nitrogen and oxygen atoms in total. The molecule has 1 aromatic carbocycles. The quantitative estimate of drug-likeness (QED) is 0.227. The van der Waals surface area contributed by atoms with Crippen molar-refractivity contribution in [2.75, 3.05) is 32.4 Å². The van der Waals surface area contributed by atoms with Crippen LogP contribution in [0.25, 0.3) is 0 Å². The summed E-state index contributed by atoms with van der Waals surface area (Å²) in [5.41, 5.74) is 2.54. The summed E-state index contributed by atoms with van der Waals surface area (Å²) in [6.45, 7) is 10.0. The van der Waals surface area contributed by atoms with Crippen LogP contribution in [0.3, 0.4) is 0 Å². The highest BCUT2D eigenvalue weighted by molar-refractivity contribution is 7.88. The second kappa shape index (κ2) is 13.6. The first-order valence-electron chi connectivity index (χ1n) is 13.3. The predicted molar refractivity (Wildman–Crippen MR) is 152 cm³/mol. The van der Waals surface area contributed by atoms with E-state index in [1.807, 2.05) is 25.7 Å².